The van der Waals surface area contributed by atoms with Crippen LogP contribution in [0.4, 0.5) is 5.69 Å². The quantitative estimate of drug-likeness (QED) is 0.569. The SMILES string of the molecule is COC(=O)c1cccc(NC=C(C#N)c2nc3ccccc3[nH]2)c1. The van der Waals surface area contributed by atoms with Crippen LogP contribution in [0.5, 0.6) is 0 Å². The van der Waals surface area contributed by atoms with Gasteiger partial charge in [0, 0.05) is 11.9 Å². The molecule has 1 aromatic heterocycles. The first-order valence-corrected chi connectivity index (χ1v) is 7.21. The van der Waals surface area contributed by atoms with Crippen LogP contribution in [0.2, 0.25) is 0 Å². The standard InChI is InChI=1S/C18H14N4O2/c1-24-18(23)12-5-4-6-14(9-12)20-11-13(10-19)17-21-15-7-2-3-8-16(15)22-17/h2-9,11,20H,1H3,(H,21,22). The summed E-state index contributed by atoms with van der Waals surface area (Å²) in [5, 5.41) is 12.4. The van der Waals surface area contributed by atoms with Gasteiger partial charge in [0.2, 0.25) is 0 Å². The van der Waals surface area contributed by atoms with E-state index in [1.165, 1.54) is 7.11 Å². The van der Waals surface area contributed by atoms with Gasteiger partial charge >= 0.3 is 5.97 Å². The van der Waals surface area contributed by atoms with Gasteiger partial charge in [-0.1, -0.05) is 18.2 Å². The van der Waals surface area contributed by atoms with Crippen LogP contribution in [0.25, 0.3) is 16.6 Å². The number of nitriles is 1. The van der Waals surface area contributed by atoms with Crippen LogP contribution in [-0.2, 0) is 4.74 Å². The van der Waals surface area contributed by atoms with Gasteiger partial charge in [-0.3, -0.25) is 0 Å². The molecular formula is C18H14N4O2. The molecule has 24 heavy (non-hydrogen) atoms. The molecule has 0 radical (unpaired) electrons. The Hall–Kier alpha value is -3.59. The van der Waals surface area contributed by atoms with Crippen molar-refractivity contribution < 1.29 is 9.53 Å². The molecule has 1 heterocycles. The number of aromatic nitrogens is 2. The molecule has 0 bridgehead atoms. The Morgan fingerprint density at radius 2 is 2.12 bits per heavy atom. The number of rotatable bonds is 4. The number of hydrogen-bond donors (Lipinski definition) is 2. The van der Waals surface area contributed by atoms with Gasteiger partial charge in [-0.25, -0.2) is 9.78 Å². The first-order chi connectivity index (χ1) is 11.7. The van der Waals surface area contributed by atoms with Crippen molar-refractivity contribution in [3.8, 4) is 6.07 Å². The molecule has 3 rings (SSSR count). The fraction of sp³-hybridized carbons (Fsp3) is 0.0556. The summed E-state index contributed by atoms with van der Waals surface area (Å²) in [5.74, 6) is 0.0655. The molecule has 2 N–H and O–H groups in total. The van der Waals surface area contributed by atoms with Crippen molar-refractivity contribution in [2.45, 2.75) is 0 Å². The predicted octanol–water partition coefficient (Wildman–Crippen LogP) is 3.33. The molecule has 3 aromatic rings. The highest BCUT2D eigenvalue weighted by atomic mass is 16.5. The number of aromatic amines is 1. The minimum absolute atomic E-state index is 0.356. The van der Waals surface area contributed by atoms with Crippen molar-refractivity contribution in [1.82, 2.24) is 9.97 Å². The number of methoxy groups -OCH3 is 1. The first-order valence-electron chi connectivity index (χ1n) is 7.21. The minimum Gasteiger partial charge on any atom is -0.465 e. The van der Waals surface area contributed by atoms with Gasteiger partial charge < -0.3 is 15.0 Å². The second-order valence-corrected chi connectivity index (χ2v) is 4.99. The van der Waals surface area contributed by atoms with Gasteiger partial charge in [-0.05, 0) is 30.3 Å². The fourth-order valence-corrected chi connectivity index (χ4v) is 2.24. The highest BCUT2D eigenvalue weighted by Gasteiger charge is 2.08. The number of ether oxygens (including phenoxy) is 1. The maximum Gasteiger partial charge on any atom is 0.337 e. The van der Waals surface area contributed by atoms with Gasteiger partial charge in [0.25, 0.3) is 0 Å². The molecule has 0 aliphatic heterocycles. The van der Waals surface area contributed by atoms with Crippen LogP contribution in [0.1, 0.15) is 16.2 Å². The largest absolute Gasteiger partial charge is 0.465 e. The third-order valence-electron chi connectivity index (χ3n) is 3.43. The number of imidazole rings is 1. The summed E-state index contributed by atoms with van der Waals surface area (Å²) in [6.45, 7) is 0. The molecular weight excluding hydrogens is 304 g/mol. The average molecular weight is 318 g/mol. The van der Waals surface area contributed by atoms with Crippen molar-refractivity contribution in [1.29, 1.82) is 5.26 Å². The second-order valence-electron chi connectivity index (χ2n) is 4.99. The molecule has 118 valence electrons. The maximum absolute atomic E-state index is 11.5. The van der Waals surface area contributed by atoms with Crippen molar-refractivity contribution in [3.05, 3.63) is 66.1 Å². The third kappa shape index (κ3) is 3.10. The zero-order valence-electron chi connectivity index (χ0n) is 12.9. The lowest BCUT2D eigenvalue weighted by Gasteiger charge is -2.04. The van der Waals surface area contributed by atoms with Crippen LogP contribution in [0.15, 0.2) is 54.7 Å². The predicted molar refractivity (Wildman–Crippen MR) is 91.1 cm³/mol. The van der Waals surface area contributed by atoms with Crippen molar-refractivity contribution in [2.24, 2.45) is 0 Å². The van der Waals surface area contributed by atoms with Crippen LogP contribution in [-0.4, -0.2) is 23.0 Å². The molecule has 0 amide bonds. The van der Waals surface area contributed by atoms with Gasteiger partial charge in [-0.15, -0.1) is 0 Å². The average Bonchev–Trinajstić information content (AvgIpc) is 3.05. The Balaban J connectivity index is 1.86. The molecule has 0 aliphatic rings. The number of allylic oxidation sites excluding steroid dienone is 1. The zero-order valence-corrected chi connectivity index (χ0v) is 12.9. The molecule has 6 nitrogen and oxygen atoms in total. The van der Waals surface area contributed by atoms with E-state index in [1.807, 2.05) is 24.3 Å². The van der Waals surface area contributed by atoms with Crippen LogP contribution < -0.4 is 5.32 Å². The van der Waals surface area contributed by atoms with Crippen LogP contribution in [0, 0.1) is 11.3 Å². The maximum atomic E-state index is 11.5. The molecule has 0 spiro atoms. The second kappa shape index (κ2) is 6.67. The number of para-hydroxylation sites is 2. The van der Waals surface area contributed by atoms with E-state index >= 15 is 0 Å². The fourth-order valence-electron chi connectivity index (χ4n) is 2.24. The minimum atomic E-state index is -0.416. The summed E-state index contributed by atoms with van der Waals surface area (Å²) in [7, 11) is 1.33. The number of benzene rings is 2. The zero-order chi connectivity index (χ0) is 16.9. The lowest BCUT2D eigenvalue weighted by atomic mass is 10.2. The van der Waals surface area contributed by atoms with Gasteiger partial charge in [0.15, 0.2) is 5.82 Å². The highest BCUT2D eigenvalue weighted by molar-refractivity contribution is 5.90. The van der Waals surface area contributed by atoms with Gasteiger partial charge in [0.05, 0.1) is 23.7 Å². The number of carbonyl (C=O) groups is 1. The number of carbonyl (C=O) groups excluding carboxylic acids is 1. The summed E-state index contributed by atoms with van der Waals surface area (Å²) >= 11 is 0. The molecule has 2 aromatic carbocycles. The number of nitrogens with one attached hydrogen (secondary N) is 2. The summed E-state index contributed by atoms with van der Waals surface area (Å²) in [5.41, 5.74) is 3.11. The van der Waals surface area contributed by atoms with E-state index in [0.717, 1.165) is 11.0 Å². The Bertz CT molecular complexity index is 933. The molecule has 0 saturated carbocycles. The third-order valence-corrected chi connectivity index (χ3v) is 3.43. The number of fused-ring (bicyclic) bond motifs is 1. The topological polar surface area (TPSA) is 90.8 Å². The van der Waals surface area contributed by atoms with E-state index in [-0.39, 0.29) is 0 Å². The van der Waals surface area contributed by atoms with Crippen LogP contribution >= 0.6 is 0 Å². The number of nitrogens with zero attached hydrogens (tertiary/aromatic N) is 2. The number of esters is 1. The number of hydrogen-bond acceptors (Lipinski definition) is 5. The van der Waals surface area contributed by atoms with E-state index in [1.54, 1.807) is 30.5 Å². The summed E-state index contributed by atoms with van der Waals surface area (Å²) < 4.78 is 4.69. The lowest BCUT2D eigenvalue weighted by molar-refractivity contribution is 0.0601. The number of anilines is 1. The monoisotopic (exact) mass is 318 g/mol. The van der Waals surface area contributed by atoms with Crippen molar-refractivity contribution >= 4 is 28.3 Å². The Morgan fingerprint density at radius 3 is 2.88 bits per heavy atom. The van der Waals surface area contributed by atoms with Gasteiger partial charge in [0.1, 0.15) is 11.6 Å². The molecule has 0 fully saturated rings. The summed E-state index contributed by atoms with van der Waals surface area (Å²) in [4.78, 5) is 19.0. The van der Waals surface area contributed by atoms with E-state index in [4.69, 9.17) is 4.74 Å². The molecule has 0 aliphatic carbocycles. The Kier molecular flexibility index (Phi) is 4.25. The molecule has 0 unspecified atom stereocenters. The van der Waals surface area contributed by atoms with Crippen molar-refractivity contribution in [2.75, 3.05) is 12.4 Å². The first kappa shape index (κ1) is 15.3. The van der Waals surface area contributed by atoms with E-state index in [0.29, 0.717) is 22.6 Å². The molecule has 6 heteroatoms. The van der Waals surface area contributed by atoms with E-state index < -0.39 is 5.97 Å². The van der Waals surface area contributed by atoms with Crippen LogP contribution in [0.3, 0.4) is 0 Å². The summed E-state index contributed by atoms with van der Waals surface area (Å²) in [6, 6.07) is 16.5. The lowest BCUT2D eigenvalue weighted by Crippen LogP contribution is -2.01. The van der Waals surface area contributed by atoms with Gasteiger partial charge in [-0.2, -0.15) is 5.26 Å². The van der Waals surface area contributed by atoms with Crippen molar-refractivity contribution in [3.63, 3.8) is 0 Å². The van der Waals surface area contributed by atoms with E-state index in [2.05, 4.69) is 21.4 Å². The molecule has 0 atom stereocenters. The smallest absolute Gasteiger partial charge is 0.337 e. The van der Waals surface area contributed by atoms with E-state index in [9.17, 15) is 10.1 Å². The Morgan fingerprint density at radius 1 is 1.29 bits per heavy atom. The normalized spacial score (nSPS) is 11.1. The Labute approximate surface area is 138 Å². The summed E-state index contributed by atoms with van der Waals surface area (Å²) in [6.07, 6.45) is 1.55. The highest BCUT2D eigenvalue weighted by Crippen LogP contribution is 2.17. The number of H-pyrrole nitrogens is 1. The molecule has 0 saturated heterocycles.